The third-order valence-electron chi connectivity index (χ3n) is 3.68. The van der Waals surface area contributed by atoms with Crippen LogP contribution in [0.15, 0.2) is 36.4 Å². The second kappa shape index (κ2) is 13.0. The van der Waals surface area contributed by atoms with Crippen LogP contribution in [0.2, 0.25) is 15.1 Å². The highest BCUT2D eigenvalue weighted by atomic mass is 35.5. The van der Waals surface area contributed by atoms with Gasteiger partial charge in [-0.05, 0) is 38.1 Å². The maximum atomic E-state index is 6.30. The second-order valence-corrected chi connectivity index (χ2v) is 7.12. The Morgan fingerprint density at radius 2 is 1.34 bits per heavy atom. The highest BCUT2D eigenvalue weighted by molar-refractivity contribution is 6.37. The zero-order valence-electron chi connectivity index (χ0n) is 16.5. The minimum absolute atomic E-state index is 0.233. The van der Waals surface area contributed by atoms with E-state index in [1.54, 1.807) is 24.3 Å². The third kappa shape index (κ3) is 8.49. The number of benzene rings is 2. The molecule has 0 N–H and O–H groups in total. The van der Waals surface area contributed by atoms with Gasteiger partial charge in [0.2, 0.25) is 0 Å². The first-order valence-corrected chi connectivity index (χ1v) is 10.5. The normalized spacial score (nSPS) is 11.0. The standard InChI is InChI=1S/C21H25Cl3O5/c1-3-25-20(26-4-2)14-29-17-12-18(23)21(19(24)13-17)28-11-5-10-27-16-8-6-15(22)7-9-16/h6-9,12-13,20H,3-5,10-11,14H2,1-2H3. The van der Waals surface area contributed by atoms with Gasteiger partial charge in [0.25, 0.3) is 0 Å². The summed E-state index contributed by atoms with van der Waals surface area (Å²) in [5.41, 5.74) is 0. The zero-order chi connectivity index (χ0) is 21.1. The van der Waals surface area contributed by atoms with E-state index < -0.39 is 6.29 Å². The molecule has 160 valence electrons. The lowest BCUT2D eigenvalue weighted by atomic mass is 10.3. The molecule has 2 rings (SSSR count). The Morgan fingerprint density at radius 3 is 1.93 bits per heavy atom. The van der Waals surface area contributed by atoms with Gasteiger partial charge in [-0.25, -0.2) is 0 Å². The van der Waals surface area contributed by atoms with E-state index in [-0.39, 0.29) is 6.61 Å². The number of halogens is 3. The summed E-state index contributed by atoms with van der Waals surface area (Å²) in [6, 6.07) is 10.5. The van der Waals surface area contributed by atoms with Crippen LogP contribution in [0.1, 0.15) is 20.3 Å². The molecule has 0 aliphatic heterocycles. The van der Waals surface area contributed by atoms with Crippen LogP contribution < -0.4 is 14.2 Å². The van der Waals surface area contributed by atoms with Crippen molar-refractivity contribution >= 4 is 34.8 Å². The number of hydrogen-bond acceptors (Lipinski definition) is 5. The van der Waals surface area contributed by atoms with Gasteiger partial charge in [0.1, 0.15) is 18.1 Å². The van der Waals surface area contributed by atoms with Gasteiger partial charge in [-0.3, -0.25) is 0 Å². The van der Waals surface area contributed by atoms with Gasteiger partial charge in [0.05, 0.1) is 23.3 Å². The average molecular weight is 464 g/mol. The Kier molecular flexibility index (Phi) is 10.7. The minimum Gasteiger partial charge on any atom is -0.493 e. The zero-order valence-corrected chi connectivity index (χ0v) is 18.7. The van der Waals surface area contributed by atoms with Crippen LogP contribution in [0.25, 0.3) is 0 Å². The van der Waals surface area contributed by atoms with Gasteiger partial charge in [0, 0.05) is 36.8 Å². The molecule has 8 heteroatoms. The van der Waals surface area contributed by atoms with E-state index in [4.69, 9.17) is 58.5 Å². The molecule has 0 unspecified atom stereocenters. The first kappa shape index (κ1) is 23.9. The van der Waals surface area contributed by atoms with E-state index in [0.717, 1.165) is 5.75 Å². The van der Waals surface area contributed by atoms with Crippen molar-refractivity contribution in [2.75, 3.05) is 33.0 Å². The average Bonchev–Trinajstić information content (AvgIpc) is 2.69. The number of ether oxygens (including phenoxy) is 5. The maximum Gasteiger partial charge on any atom is 0.191 e. The molecular weight excluding hydrogens is 439 g/mol. The molecule has 2 aromatic carbocycles. The van der Waals surface area contributed by atoms with E-state index >= 15 is 0 Å². The lowest BCUT2D eigenvalue weighted by Crippen LogP contribution is -2.25. The summed E-state index contributed by atoms with van der Waals surface area (Å²) in [5.74, 6) is 1.69. The first-order valence-electron chi connectivity index (χ1n) is 9.39. The molecule has 0 spiro atoms. The van der Waals surface area contributed by atoms with E-state index in [9.17, 15) is 0 Å². The fraction of sp³-hybridized carbons (Fsp3) is 0.429. The monoisotopic (exact) mass is 462 g/mol. The topological polar surface area (TPSA) is 46.2 Å². The van der Waals surface area contributed by atoms with Crippen LogP contribution >= 0.6 is 34.8 Å². The fourth-order valence-electron chi connectivity index (χ4n) is 2.39. The van der Waals surface area contributed by atoms with Crippen molar-refractivity contribution < 1.29 is 23.7 Å². The van der Waals surface area contributed by atoms with Crippen molar-refractivity contribution in [1.29, 1.82) is 0 Å². The van der Waals surface area contributed by atoms with Crippen molar-refractivity contribution in [2.45, 2.75) is 26.6 Å². The van der Waals surface area contributed by atoms with E-state index in [0.29, 0.717) is 59.4 Å². The smallest absolute Gasteiger partial charge is 0.191 e. The molecule has 0 fully saturated rings. The summed E-state index contributed by atoms with van der Waals surface area (Å²) in [4.78, 5) is 0. The molecule has 0 atom stereocenters. The van der Waals surface area contributed by atoms with E-state index in [2.05, 4.69) is 0 Å². The summed E-state index contributed by atoms with van der Waals surface area (Å²) in [6.07, 6.45) is 0.219. The third-order valence-corrected chi connectivity index (χ3v) is 4.49. The molecule has 0 radical (unpaired) electrons. The summed E-state index contributed by atoms with van der Waals surface area (Å²) >= 11 is 18.4. The van der Waals surface area contributed by atoms with Crippen LogP contribution in [0.3, 0.4) is 0 Å². The molecule has 0 saturated carbocycles. The van der Waals surface area contributed by atoms with Crippen LogP contribution in [-0.2, 0) is 9.47 Å². The molecule has 5 nitrogen and oxygen atoms in total. The molecule has 0 saturated heterocycles. The maximum absolute atomic E-state index is 6.30. The van der Waals surface area contributed by atoms with Gasteiger partial charge >= 0.3 is 0 Å². The number of hydrogen-bond donors (Lipinski definition) is 0. The van der Waals surface area contributed by atoms with Gasteiger partial charge in [0.15, 0.2) is 12.0 Å². The quantitative estimate of drug-likeness (QED) is 0.259. The Bertz CT molecular complexity index is 711. The lowest BCUT2D eigenvalue weighted by Gasteiger charge is -2.18. The van der Waals surface area contributed by atoms with Crippen LogP contribution in [-0.4, -0.2) is 39.3 Å². The summed E-state index contributed by atoms with van der Waals surface area (Å²) < 4.78 is 27.9. The summed E-state index contributed by atoms with van der Waals surface area (Å²) in [7, 11) is 0. The van der Waals surface area contributed by atoms with E-state index in [1.165, 1.54) is 0 Å². The Hall–Kier alpha value is -1.37. The molecule has 0 aliphatic rings. The molecule has 0 aromatic heterocycles. The Labute approximate surface area is 186 Å². The SMILES string of the molecule is CCOC(COc1cc(Cl)c(OCCCOc2ccc(Cl)cc2)c(Cl)c1)OCC. The van der Waals surface area contributed by atoms with E-state index in [1.807, 2.05) is 26.0 Å². The lowest BCUT2D eigenvalue weighted by molar-refractivity contribution is -0.152. The van der Waals surface area contributed by atoms with Gasteiger partial charge in [-0.15, -0.1) is 0 Å². The second-order valence-electron chi connectivity index (χ2n) is 5.87. The van der Waals surface area contributed by atoms with Crippen LogP contribution in [0.5, 0.6) is 17.2 Å². The van der Waals surface area contributed by atoms with Crippen molar-refractivity contribution in [2.24, 2.45) is 0 Å². The fourth-order valence-corrected chi connectivity index (χ4v) is 3.09. The molecule has 0 aliphatic carbocycles. The van der Waals surface area contributed by atoms with Gasteiger partial charge in [-0.2, -0.15) is 0 Å². The molecule has 2 aromatic rings. The first-order chi connectivity index (χ1) is 14.0. The molecule has 0 amide bonds. The van der Waals surface area contributed by atoms with Gasteiger partial charge < -0.3 is 23.7 Å². The minimum atomic E-state index is -0.445. The molecular formula is C21H25Cl3O5. The summed E-state index contributed by atoms with van der Waals surface area (Å²) in [5, 5.41) is 1.41. The molecule has 29 heavy (non-hydrogen) atoms. The Morgan fingerprint density at radius 1 is 0.759 bits per heavy atom. The van der Waals surface area contributed by atoms with Crippen molar-refractivity contribution in [3.05, 3.63) is 51.5 Å². The van der Waals surface area contributed by atoms with Gasteiger partial charge in [-0.1, -0.05) is 34.8 Å². The molecule has 0 bridgehead atoms. The highest BCUT2D eigenvalue weighted by Gasteiger charge is 2.13. The van der Waals surface area contributed by atoms with Crippen LogP contribution in [0, 0.1) is 0 Å². The highest BCUT2D eigenvalue weighted by Crippen LogP contribution is 2.37. The number of rotatable bonds is 13. The summed E-state index contributed by atoms with van der Waals surface area (Å²) in [6.45, 7) is 5.99. The largest absolute Gasteiger partial charge is 0.493 e. The van der Waals surface area contributed by atoms with Crippen molar-refractivity contribution in [3.8, 4) is 17.2 Å². The predicted molar refractivity (Wildman–Crippen MR) is 116 cm³/mol. The van der Waals surface area contributed by atoms with Crippen molar-refractivity contribution in [3.63, 3.8) is 0 Å². The molecule has 0 heterocycles. The van der Waals surface area contributed by atoms with Crippen molar-refractivity contribution in [1.82, 2.24) is 0 Å². The van der Waals surface area contributed by atoms with Crippen LogP contribution in [0.4, 0.5) is 0 Å². The predicted octanol–water partition coefficient (Wildman–Crippen LogP) is 6.27. The Balaban J connectivity index is 1.79.